The smallest absolute Gasteiger partial charge is 0.329 e. The molecular weight excluding hydrogens is 246 g/mol. The number of aromatic nitrogens is 2. The molecule has 0 unspecified atom stereocenters. The van der Waals surface area contributed by atoms with Gasteiger partial charge in [-0.05, 0) is 18.2 Å². The Morgan fingerprint density at radius 1 is 1.42 bits per heavy atom. The lowest BCUT2D eigenvalue weighted by atomic mass is 10.2. The summed E-state index contributed by atoms with van der Waals surface area (Å²) in [6.45, 7) is 0. The van der Waals surface area contributed by atoms with E-state index in [1.54, 1.807) is 12.1 Å². The van der Waals surface area contributed by atoms with Crippen LogP contribution in [0.4, 0.5) is 5.69 Å². The van der Waals surface area contributed by atoms with Gasteiger partial charge in [0.25, 0.3) is 5.56 Å². The quantitative estimate of drug-likeness (QED) is 0.833. The van der Waals surface area contributed by atoms with Crippen molar-refractivity contribution in [1.29, 1.82) is 0 Å². The molecule has 1 aromatic heterocycles. The van der Waals surface area contributed by atoms with E-state index in [1.165, 1.54) is 12.5 Å². The van der Waals surface area contributed by atoms with E-state index < -0.39 is 5.97 Å². The van der Waals surface area contributed by atoms with E-state index >= 15 is 0 Å². The lowest BCUT2D eigenvalue weighted by Gasteiger charge is -2.12. The van der Waals surface area contributed by atoms with Crippen LogP contribution in [0, 0.1) is 0 Å². The molecule has 2 rings (SSSR count). The lowest BCUT2D eigenvalue weighted by molar-refractivity contribution is -0.131. The van der Waals surface area contributed by atoms with Gasteiger partial charge in [-0.3, -0.25) is 9.36 Å². The predicted octanol–water partition coefficient (Wildman–Crippen LogP) is 1.02. The fourth-order valence-electron chi connectivity index (χ4n) is 1.65. The van der Waals surface area contributed by atoms with Gasteiger partial charge in [0.05, 0.1) is 10.9 Å². The van der Waals surface area contributed by atoms with Crippen LogP contribution in [0.2, 0.25) is 0 Å². The number of carboxylic acids is 1. The van der Waals surface area contributed by atoms with Crippen LogP contribution < -0.4 is 10.5 Å². The molecule has 0 radical (unpaired) electrons. The zero-order valence-electron chi connectivity index (χ0n) is 10.6. The van der Waals surface area contributed by atoms with Crippen molar-refractivity contribution in [2.75, 3.05) is 19.0 Å². The molecule has 1 aromatic carbocycles. The number of nitrogens with zero attached hydrogens (tertiary/aromatic N) is 3. The van der Waals surface area contributed by atoms with Crippen LogP contribution >= 0.6 is 0 Å². The Balaban J connectivity index is 2.62. The minimum atomic E-state index is -1.12. The summed E-state index contributed by atoms with van der Waals surface area (Å²) in [7, 11) is 3.75. The highest BCUT2D eigenvalue weighted by atomic mass is 16.4. The molecule has 2 aromatic rings. The van der Waals surface area contributed by atoms with Gasteiger partial charge in [0.2, 0.25) is 0 Å². The molecule has 1 heterocycles. The van der Waals surface area contributed by atoms with Crippen molar-refractivity contribution in [2.45, 2.75) is 0 Å². The molecular formula is C13H13N3O3. The molecule has 6 heteroatoms. The number of anilines is 1. The van der Waals surface area contributed by atoms with E-state index in [2.05, 4.69) is 4.98 Å². The number of hydrogen-bond acceptors (Lipinski definition) is 4. The first-order chi connectivity index (χ1) is 8.99. The van der Waals surface area contributed by atoms with E-state index in [4.69, 9.17) is 5.11 Å². The van der Waals surface area contributed by atoms with Crippen LogP contribution in [0.5, 0.6) is 0 Å². The predicted molar refractivity (Wildman–Crippen MR) is 73.3 cm³/mol. The molecule has 0 aliphatic heterocycles. The van der Waals surface area contributed by atoms with Crippen LogP contribution in [0.3, 0.4) is 0 Å². The largest absolute Gasteiger partial charge is 0.478 e. The molecule has 0 aliphatic carbocycles. The average molecular weight is 259 g/mol. The Morgan fingerprint density at radius 3 is 2.79 bits per heavy atom. The Hall–Kier alpha value is -2.63. The minimum Gasteiger partial charge on any atom is -0.478 e. The molecule has 0 fully saturated rings. The highest BCUT2D eigenvalue weighted by Gasteiger charge is 2.05. The third-order valence-corrected chi connectivity index (χ3v) is 2.66. The number of carbonyl (C=O) groups is 1. The summed E-state index contributed by atoms with van der Waals surface area (Å²) in [5.41, 5.74) is 1.16. The Kier molecular flexibility index (Phi) is 3.33. The van der Waals surface area contributed by atoms with Gasteiger partial charge in [-0.1, -0.05) is 0 Å². The second-order valence-corrected chi connectivity index (χ2v) is 4.21. The van der Waals surface area contributed by atoms with Gasteiger partial charge in [0.15, 0.2) is 0 Å². The van der Waals surface area contributed by atoms with Gasteiger partial charge in [0, 0.05) is 32.1 Å². The van der Waals surface area contributed by atoms with Gasteiger partial charge >= 0.3 is 5.97 Å². The third kappa shape index (κ3) is 2.62. The monoisotopic (exact) mass is 259 g/mol. The Bertz CT molecular complexity index is 717. The summed E-state index contributed by atoms with van der Waals surface area (Å²) in [5.74, 6) is -1.12. The molecule has 0 saturated carbocycles. The summed E-state index contributed by atoms with van der Waals surface area (Å²) >= 11 is 0. The van der Waals surface area contributed by atoms with Crippen LogP contribution in [0.15, 0.2) is 35.4 Å². The van der Waals surface area contributed by atoms with Gasteiger partial charge in [-0.15, -0.1) is 0 Å². The van der Waals surface area contributed by atoms with E-state index in [1.807, 2.05) is 25.1 Å². The SMILES string of the molecule is CN(C)c1ccc2ncn(/C=C/C(=O)O)c(=O)c2c1. The fourth-order valence-corrected chi connectivity index (χ4v) is 1.65. The number of benzene rings is 1. The zero-order chi connectivity index (χ0) is 14.0. The highest BCUT2D eigenvalue weighted by molar-refractivity contribution is 5.84. The molecule has 0 bridgehead atoms. The second-order valence-electron chi connectivity index (χ2n) is 4.21. The van der Waals surface area contributed by atoms with Crippen molar-refractivity contribution in [1.82, 2.24) is 9.55 Å². The van der Waals surface area contributed by atoms with Gasteiger partial charge in [-0.25, -0.2) is 9.78 Å². The number of aliphatic carboxylic acids is 1. The summed E-state index contributed by atoms with van der Waals surface area (Å²) in [5, 5.41) is 9.01. The fraction of sp³-hybridized carbons (Fsp3) is 0.154. The molecule has 0 amide bonds. The summed E-state index contributed by atoms with van der Waals surface area (Å²) in [6, 6.07) is 5.36. The minimum absolute atomic E-state index is 0.300. The van der Waals surface area contributed by atoms with Crippen molar-refractivity contribution in [3.05, 3.63) is 41.0 Å². The maximum absolute atomic E-state index is 12.2. The van der Waals surface area contributed by atoms with Crippen LogP contribution in [-0.2, 0) is 4.79 Å². The Morgan fingerprint density at radius 2 is 2.16 bits per heavy atom. The lowest BCUT2D eigenvalue weighted by Crippen LogP contribution is -2.17. The number of hydrogen-bond donors (Lipinski definition) is 1. The molecule has 0 aliphatic rings. The standard InChI is InChI=1S/C13H13N3O3/c1-15(2)9-3-4-11-10(7-9)13(19)16(8-14-11)6-5-12(17)18/h3-8H,1-2H3,(H,17,18)/b6-5+. The highest BCUT2D eigenvalue weighted by Crippen LogP contribution is 2.16. The average Bonchev–Trinajstić information content (AvgIpc) is 2.37. The molecule has 1 N–H and O–H groups in total. The maximum atomic E-state index is 12.2. The van der Waals surface area contributed by atoms with Gasteiger partial charge < -0.3 is 10.0 Å². The number of carboxylic acid groups (broad SMARTS) is 1. The summed E-state index contributed by atoms with van der Waals surface area (Å²) in [6.07, 6.45) is 3.38. The molecule has 0 atom stereocenters. The van der Waals surface area contributed by atoms with Crippen molar-refractivity contribution in [3.63, 3.8) is 0 Å². The summed E-state index contributed by atoms with van der Waals surface area (Å²) < 4.78 is 1.15. The van der Waals surface area contributed by atoms with E-state index in [0.717, 1.165) is 16.3 Å². The summed E-state index contributed by atoms with van der Waals surface area (Å²) in [4.78, 5) is 28.6. The first kappa shape index (κ1) is 12.8. The molecule has 19 heavy (non-hydrogen) atoms. The van der Waals surface area contributed by atoms with Crippen LogP contribution in [-0.4, -0.2) is 34.7 Å². The molecule has 98 valence electrons. The van der Waals surface area contributed by atoms with Crippen LogP contribution in [0.25, 0.3) is 17.1 Å². The third-order valence-electron chi connectivity index (χ3n) is 2.66. The van der Waals surface area contributed by atoms with Gasteiger partial charge in [0.1, 0.15) is 6.33 Å². The van der Waals surface area contributed by atoms with E-state index in [9.17, 15) is 9.59 Å². The van der Waals surface area contributed by atoms with Crippen molar-refractivity contribution >= 4 is 28.8 Å². The second kappa shape index (κ2) is 4.93. The maximum Gasteiger partial charge on any atom is 0.329 e. The van der Waals surface area contributed by atoms with E-state index in [0.29, 0.717) is 10.9 Å². The molecule has 0 spiro atoms. The first-order valence-corrected chi connectivity index (χ1v) is 5.58. The Labute approximate surface area is 109 Å². The van der Waals surface area contributed by atoms with E-state index in [-0.39, 0.29) is 5.56 Å². The number of rotatable bonds is 3. The van der Waals surface area contributed by atoms with Crippen LogP contribution in [0.1, 0.15) is 0 Å². The topological polar surface area (TPSA) is 75.4 Å². The van der Waals surface area contributed by atoms with Crippen molar-refractivity contribution in [2.24, 2.45) is 0 Å². The van der Waals surface area contributed by atoms with Crippen molar-refractivity contribution < 1.29 is 9.90 Å². The van der Waals surface area contributed by atoms with Crippen molar-refractivity contribution in [3.8, 4) is 0 Å². The zero-order valence-corrected chi connectivity index (χ0v) is 10.6. The molecule has 6 nitrogen and oxygen atoms in total. The number of fused-ring (bicyclic) bond motifs is 1. The first-order valence-electron chi connectivity index (χ1n) is 5.58. The normalized spacial score (nSPS) is 11.1. The molecule has 0 saturated heterocycles. The van der Waals surface area contributed by atoms with Gasteiger partial charge in [-0.2, -0.15) is 0 Å².